The number of hydrogen-bond acceptors (Lipinski definition) is 2. The third-order valence-corrected chi connectivity index (χ3v) is 4.72. The molecule has 0 radical (unpaired) electrons. The average Bonchev–Trinajstić information content (AvgIpc) is 2.44. The molecule has 0 spiro atoms. The largest absolute Gasteiger partial charge is 0.348 e. The van der Waals surface area contributed by atoms with E-state index in [9.17, 15) is 10.1 Å². The fourth-order valence-corrected chi connectivity index (χ4v) is 3.66. The third kappa shape index (κ3) is 2.10. The molecule has 2 aliphatic carbocycles. The number of benzene rings is 1. The summed E-state index contributed by atoms with van der Waals surface area (Å²) in [4.78, 5) is 12.5. The predicted octanol–water partition coefficient (Wildman–Crippen LogP) is 3.12. The Morgan fingerprint density at radius 2 is 2.15 bits per heavy atom. The van der Waals surface area contributed by atoms with Gasteiger partial charge >= 0.3 is 0 Å². The fourth-order valence-electron chi connectivity index (χ4n) is 3.66. The van der Waals surface area contributed by atoms with Crippen molar-refractivity contribution in [2.45, 2.75) is 45.1 Å². The molecular weight excluding hydrogens is 248 g/mol. The Balaban J connectivity index is 1.76. The minimum absolute atomic E-state index is 0.0696. The Morgan fingerprint density at radius 3 is 2.85 bits per heavy atom. The number of carbonyl (C=O) groups excluding carboxylic acids is 1. The Bertz CT molecular complexity index is 567. The van der Waals surface area contributed by atoms with Crippen LogP contribution in [-0.4, -0.2) is 5.91 Å². The zero-order valence-electron chi connectivity index (χ0n) is 11.9. The van der Waals surface area contributed by atoms with Crippen LogP contribution in [0.3, 0.4) is 0 Å². The number of aryl methyl sites for hydroxylation is 1. The molecule has 1 fully saturated rings. The van der Waals surface area contributed by atoms with E-state index < -0.39 is 5.41 Å². The van der Waals surface area contributed by atoms with Crippen molar-refractivity contribution >= 4 is 5.91 Å². The van der Waals surface area contributed by atoms with Gasteiger partial charge in [-0.1, -0.05) is 31.2 Å². The molecule has 0 bridgehead atoms. The van der Waals surface area contributed by atoms with Gasteiger partial charge in [-0.15, -0.1) is 0 Å². The van der Waals surface area contributed by atoms with Crippen molar-refractivity contribution in [1.82, 2.24) is 5.32 Å². The van der Waals surface area contributed by atoms with Gasteiger partial charge in [0.1, 0.15) is 5.41 Å². The molecule has 1 N–H and O–H groups in total. The summed E-state index contributed by atoms with van der Waals surface area (Å²) in [6.07, 6.45) is 4.55. The van der Waals surface area contributed by atoms with Gasteiger partial charge in [-0.2, -0.15) is 5.26 Å². The van der Waals surface area contributed by atoms with E-state index in [1.54, 1.807) is 0 Å². The van der Waals surface area contributed by atoms with Crippen molar-refractivity contribution in [3.8, 4) is 6.07 Å². The van der Waals surface area contributed by atoms with Gasteiger partial charge < -0.3 is 5.32 Å². The van der Waals surface area contributed by atoms with Crippen LogP contribution >= 0.6 is 0 Å². The first-order chi connectivity index (χ1) is 9.64. The molecule has 1 atom stereocenters. The summed E-state index contributed by atoms with van der Waals surface area (Å²) in [5.41, 5.74) is 1.79. The molecule has 0 heterocycles. The summed E-state index contributed by atoms with van der Waals surface area (Å²) in [5, 5.41) is 12.5. The highest BCUT2D eigenvalue weighted by atomic mass is 16.2. The lowest BCUT2D eigenvalue weighted by Gasteiger charge is -2.40. The lowest BCUT2D eigenvalue weighted by Crippen LogP contribution is -2.49. The number of fused-ring (bicyclic) bond motifs is 1. The first kappa shape index (κ1) is 13.2. The number of nitrogens with zero attached hydrogens (tertiary/aromatic N) is 1. The van der Waals surface area contributed by atoms with Crippen LogP contribution in [-0.2, 0) is 11.2 Å². The summed E-state index contributed by atoms with van der Waals surface area (Å²) >= 11 is 0. The molecule has 3 nitrogen and oxygen atoms in total. The van der Waals surface area contributed by atoms with Crippen molar-refractivity contribution < 1.29 is 4.79 Å². The summed E-state index contributed by atoms with van der Waals surface area (Å²) in [6, 6.07) is 10.6. The van der Waals surface area contributed by atoms with E-state index in [1.165, 1.54) is 11.1 Å². The van der Waals surface area contributed by atoms with Crippen molar-refractivity contribution in [3.63, 3.8) is 0 Å². The highest BCUT2D eigenvalue weighted by Gasteiger charge is 2.49. The molecule has 104 valence electrons. The number of hydrogen-bond donors (Lipinski definition) is 1. The van der Waals surface area contributed by atoms with E-state index >= 15 is 0 Å². The normalized spacial score (nSPS) is 31.6. The van der Waals surface area contributed by atoms with Gasteiger partial charge in [-0.3, -0.25) is 4.79 Å². The number of nitriles is 1. The Morgan fingerprint density at radius 1 is 1.40 bits per heavy atom. The van der Waals surface area contributed by atoms with Crippen LogP contribution in [0.2, 0.25) is 0 Å². The number of nitrogens with one attached hydrogen (secondary N) is 1. The van der Waals surface area contributed by atoms with Gasteiger partial charge in [0.2, 0.25) is 5.91 Å². The maximum atomic E-state index is 12.5. The minimum atomic E-state index is -0.772. The topological polar surface area (TPSA) is 52.9 Å². The van der Waals surface area contributed by atoms with Crippen LogP contribution in [0.5, 0.6) is 0 Å². The Kier molecular flexibility index (Phi) is 3.25. The molecule has 0 aromatic heterocycles. The van der Waals surface area contributed by atoms with Crippen LogP contribution in [0, 0.1) is 22.7 Å². The second-order valence-electron chi connectivity index (χ2n) is 6.32. The minimum Gasteiger partial charge on any atom is -0.348 e. The summed E-state index contributed by atoms with van der Waals surface area (Å²) < 4.78 is 0. The molecule has 0 aliphatic heterocycles. The van der Waals surface area contributed by atoms with E-state index in [4.69, 9.17) is 0 Å². The van der Waals surface area contributed by atoms with E-state index in [0.29, 0.717) is 18.8 Å². The van der Waals surface area contributed by atoms with Gasteiger partial charge in [0, 0.05) is 0 Å². The maximum Gasteiger partial charge on any atom is 0.240 e. The molecule has 2 aliphatic rings. The van der Waals surface area contributed by atoms with Crippen LogP contribution in [0.4, 0.5) is 0 Å². The molecule has 1 unspecified atom stereocenters. The first-order valence-corrected chi connectivity index (χ1v) is 7.45. The van der Waals surface area contributed by atoms with Crippen LogP contribution in [0.1, 0.15) is 49.8 Å². The highest BCUT2D eigenvalue weighted by molar-refractivity contribution is 5.86. The smallest absolute Gasteiger partial charge is 0.240 e. The molecule has 20 heavy (non-hydrogen) atoms. The van der Waals surface area contributed by atoms with Crippen LogP contribution in [0.15, 0.2) is 24.3 Å². The summed E-state index contributed by atoms with van der Waals surface area (Å²) in [5.74, 6) is 0.416. The molecular formula is C17H20N2O. The number of amides is 1. The van der Waals surface area contributed by atoms with Gasteiger partial charge in [0.05, 0.1) is 12.1 Å². The van der Waals surface area contributed by atoms with Gasteiger partial charge in [0.25, 0.3) is 0 Å². The van der Waals surface area contributed by atoms with E-state index in [2.05, 4.69) is 30.4 Å². The monoisotopic (exact) mass is 268 g/mol. The van der Waals surface area contributed by atoms with Crippen molar-refractivity contribution in [3.05, 3.63) is 35.4 Å². The zero-order valence-corrected chi connectivity index (χ0v) is 11.9. The van der Waals surface area contributed by atoms with E-state index in [-0.39, 0.29) is 11.9 Å². The lowest BCUT2D eigenvalue weighted by molar-refractivity contribution is -0.134. The molecule has 3 rings (SSSR count). The Labute approximate surface area is 120 Å². The fraction of sp³-hybridized carbons (Fsp3) is 0.529. The van der Waals surface area contributed by atoms with Crippen molar-refractivity contribution in [2.24, 2.45) is 11.3 Å². The van der Waals surface area contributed by atoms with E-state index in [0.717, 1.165) is 19.3 Å². The Hall–Kier alpha value is -1.82. The summed E-state index contributed by atoms with van der Waals surface area (Å²) in [6.45, 7) is 2.10. The molecule has 3 heteroatoms. The molecule has 1 amide bonds. The SMILES string of the molecule is CC1CC(C#N)(C(=O)NC2CCCc3ccccc32)C1. The summed E-state index contributed by atoms with van der Waals surface area (Å²) in [7, 11) is 0. The quantitative estimate of drug-likeness (QED) is 0.896. The van der Waals surface area contributed by atoms with E-state index in [1.807, 2.05) is 12.1 Å². The highest BCUT2D eigenvalue weighted by Crippen LogP contribution is 2.45. The van der Waals surface area contributed by atoms with Crippen molar-refractivity contribution in [2.75, 3.05) is 0 Å². The second kappa shape index (κ2) is 4.94. The third-order valence-electron chi connectivity index (χ3n) is 4.72. The standard InChI is InChI=1S/C17H20N2O/c1-12-9-17(10-12,11-18)16(20)19-15-8-4-6-13-5-2-3-7-14(13)15/h2-3,5,7,12,15H,4,6,8-10H2,1H3,(H,19,20). The van der Waals surface area contributed by atoms with Gasteiger partial charge in [-0.25, -0.2) is 0 Å². The molecule has 1 aromatic rings. The second-order valence-corrected chi connectivity index (χ2v) is 6.32. The van der Waals surface area contributed by atoms with Crippen molar-refractivity contribution in [1.29, 1.82) is 5.26 Å². The number of rotatable bonds is 2. The van der Waals surface area contributed by atoms with Gasteiger partial charge in [0.15, 0.2) is 0 Å². The lowest BCUT2D eigenvalue weighted by atomic mass is 9.63. The maximum absolute atomic E-state index is 12.5. The average molecular weight is 268 g/mol. The van der Waals surface area contributed by atoms with Crippen LogP contribution < -0.4 is 5.32 Å². The van der Waals surface area contributed by atoms with Gasteiger partial charge in [-0.05, 0) is 49.1 Å². The number of carbonyl (C=O) groups is 1. The molecule has 0 saturated heterocycles. The van der Waals surface area contributed by atoms with Crippen LogP contribution in [0.25, 0.3) is 0 Å². The predicted molar refractivity (Wildman–Crippen MR) is 76.7 cm³/mol. The molecule has 1 saturated carbocycles. The zero-order chi connectivity index (χ0) is 14.2. The first-order valence-electron chi connectivity index (χ1n) is 7.45. The molecule has 1 aromatic carbocycles.